The maximum Gasteiger partial charge on any atom is 0.159 e. The van der Waals surface area contributed by atoms with Gasteiger partial charge in [-0.15, -0.1) is 0 Å². The van der Waals surface area contributed by atoms with Crippen LogP contribution in [-0.2, 0) is 0 Å². The van der Waals surface area contributed by atoms with Gasteiger partial charge in [-0.2, -0.15) is 0 Å². The molecular formula is C60H36N4O. The number of aromatic nitrogens is 4. The molecule has 5 heteroatoms. The van der Waals surface area contributed by atoms with Gasteiger partial charge < -0.3 is 22.7 Å². The number of hydrogen-bond donors (Lipinski definition) is 0. The lowest BCUT2D eigenvalue weighted by Crippen LogP contribution is -1.97. The second-order valence-electron chi connectivity index (χ2n) is 17.3. The molecule has 15 aromatic rings. The Morgan fingerprint density at radius 1 is 0.231 bits per heavy atom. The molecule has 5 nitrogen and oxygen atoms in total. The van der Waals surface area contributed by atoms with Crippen molar-refractivity contribution in [3.8, 4) is 22.7 Å². The molecule has 0 unspecified atom stereocenters. The van der Waals surface area contributed by atoms with Crippen molar-refractivity contribution in [3.63, 3.8) is 0 Å². The lowest BCUT2D eigenvalue weighted by molar-refractivity contribution is 0.666. The minimum absolute atomic E-state index is 0.879. The predicted octanol–water partition coefficient (Wildman–Crippen LogP) is 16.0. The van der Waals surface area contributed by atoms with Crippen molar-refractivity contribution in [2.75, 3.05) is 0 Å². The Hall–Kier alpha value is -8.80. The van der Waals surface area contributed by atoms with E-state index < -0.39 is 0 Å². The van der Waals surface area contributed by atoms with Crippen LogP contribution in [0.4, 0.5) is 0 Å². The zero-order valence-corrected chi connectivity index (χ0v) is 35.0. The molecule has 0 saturated carbocycles. The average Bonchev–Trinajstić information content (AvgIpc) is 4.16. The quantitative estimate of drug-likeness (QED) is 0.174. The monoisotopic (exact) mass is 828 g/mol. The molecule has 65 heavy (non-hydrogen) atoms. The molecule has 0 N–H and O–H groups in total. The first kappa shape index (κ1) is 34.7. The fourth-order valence-corrected chi connectivity index (χ4v) is 11.2. The van der Waals surface area contributed by atoms with E-state index in [9.17, 15) is 0 Å². The van der Waals surface area contributed by atoms with Crippen LogP contribution < -0.4 is 0 Å². The van der Waals surface area contributed by atoms with Crippen molar-refractivity contribution in [1.29, 1.82) is 0 Å². The van der Waals surface area contributed by atoms with Gasteiger partial charge in [-0.3, -0.25) is 0 Å². The number of nitrogens with zero attached hydrogens (tertiary/aromatic N) is 4. The molecule has 0 atom stereocenters. The standard InChI is InChI=1S/C60H36N4O/c1-7-21-50-40(14-1)41-15-2-8-22-51(41)61(50)37-28-31-55-47(34-37)44-18-5-11-25-54(44)63(55)39-30-33-57-49(36-39)48-35-38(62-52-23-9-3-16-42(52)43-17-4-10-24-53(43)62)29-32-56(48)64(57)58-26-13-20-46-45-19-6-12-27-59(45)65-60(46)58/h1-36H. The van der Waals surface area contributed by atoms with Crippen LogP contribution in [0.1, 0.15) is 0 Å². The minimum Gasteiger partial charge on any atom is -0.454 e. The highest BCUT2D eigenvalue weighted by molar-refractivity contribution is 6.16. The maximum atomic E-state index is 6.72. The molecule has 5 heterocycles. The highest BCUT2D eigenvalue weighted by atomic mass is 16.3. The van der Waals surface area contributed by atoms with Crippen LogP contribution in [0.5, 0.6) is 0 Å². The Labute approximate surface area is 371 Å². The molecule has 0 spiro atoms. The molecule has 0 bridgehead atoms. The molecule has 5 aromatic heterocycles. The maximum absolute atomic E-state index is 6.72. The Kier molecular flexibility index (Phi) is 6.89. The van der Waals surface area contributed by atoms with Crippen molar-refractivity contribution in [3.05, 3.63) is 218 Å². The first-order valence-corrected chi connectivity index (χ1v) is 22.3. The minimum atomic E-state index is 0.879. The van der Waals surface area contributed by atoms with Gasteiger partial charge in [-0.05, 0) is 97.1 Å². The van der Waals surface area contributed by atoms with Gasteiger partial charge in [0.1, 0.15) is 5.58 Å². The highest BCUT2D eigenvalue weighted by Crippen LogP contribution is 2.42. The summed E-state index contributed by atoms with van der Waals surface area (Å²) in [6, 6.07) is 79.6. The van der Waals surface area contributed by atoms with Gasteiger partial charge in [-0.1, -0.05) is 121 Å². The molecule has 0 aliphatic carbocycles. The smallest absolute Gasteiger partial charge is 0.159 e. The summed E-state index contributed by atoms with van der Waals surface area (Å²) in [7, 11) is 0. The van der Waals surface area contributed by atoms with Crippen LogP contribution >= 0.6 is 0 Å². The fraction of sp³-hybridized carbons (Fsp3) is 0. The summed E-state index contributed by atoms with van der Waals surface area (Å²) < 4.78 is 16.4. The van der Waals surface area contributed by atoms with E-state index in [0.717, 1.165) is 61.2 Å². The molecule has 0 amide bonds. The van der Waals surface area contributed by atoms with Gasteiger partial charge >= 0.3 is 0 Å². The summed E-state index contributed by atoms with van der Waals surface area (Å²) in [5, 5.41) is 12.0. The lowest BCUT2D eigenvalue weighted by atomic mass is 10.1. The first-order chi connectivity index (χ1) is 32.3. The number of hydrogen-bond acceptors (Lipinski definition) is 1. The topological polar surface area (TPSA) is 32.9 Å². The zero-order valence-electron chi connectivity index (χ0n) is 35.0. The van der Waals surface area contributed by atoms with Gasteiger partial charge in [0.2, 0.25) is 0 Å². The molecule has 0 aliphatic rings. The Bertz CT molecular complexity index is 4380. The number of furan rings is 1. The van der Waals surface area contributed by atoms with Gasteiger partial charge in [0.05, 0.1) is 49.8 Å². The summed E-state index contributed by atoms with van der Waals surface area (Å²) in [6.07, 6.45) is 0. The summed E-state index contributed by atoms with van der Waals surface area (Å²) in [6.45, 7) is 0. The van der Waals surface area contributed by atoms with Crippen LogP contribution in [0, 0.1) is 0 Å². The van der Waals surface area contributed by atoms with E-state index in [-0.39, 0.29) is 0 Å². The second kappa shape index (κ2) is 12.9. The summed E-state index contributed by atoms with van der Waals surface area (Å²) >= 11 is 0. The number of para-hydroxylation sites is 7. The number of rotatable bonds is 4. The molecule has 302 valence electrons. The summed E-state index contributed by atoms with van der Waals surface area (Å²) in [4.78, 5) is 0. The van der Waals surface area contributed by atoms with E-state index in [1.54, 1.807) is 0 Å². The largest absolute Gasteiger partial charge is 0.454 e. The van der Waals surface area contributed by atoms with Crippen molar-refractivity contribution in [2.24, 2.45) is 0 Å². The fourth-order valence-electron chi connectivity index (χ4n) is 11.2. The molecule has 0 saturated heterocycles. The molecule has 10 aromatic carbocycles. The molecule has 0 fully saturated rings. The van der Waals surface area contributed by atoms with Crippen LogP contribution in [-0.4, -0.2) is 18.3 Å². The zero-order chi connectivity index (χ0) is 42.3. The van der Waals surface area contributed by atoms with Crippen LogP contribution in [0.2, 0.25) is 0 Å². The van der Waals surface area contributed by atoms with Crippen molar-refractivity contribution >= 4 is 109 Å². The van der Waals surface area contributed by atoms with E-state index in [1.165, 1.54) is 70.7 Å². The average molecular weight is 829 g/mol. The lowest BCUT2D eigenvalue weighted by Gasteiger charge is -2.11. The Morgan fingerprint density at radius 2 is 0.554 bits per heavy atom. The molecular weight excluding hydrogens is 793 g/mol. The van der Waals surface area contributed by atoms with Crippen molar-refractivity contribution < 1.29 is 4.42 Å². The van der Waals surface area contributed by atoms with E-state index in [4.69, 9.17) is 4.42 Å². The van der Waals surface area contributed by atoms with Gasteiger partial charge in [0, 0.05) is 70.9 Å². The second-order valence-corrected chi connectivity index (χ2v) is 17.3. The predicted molar refractivity (Wildman–Crippen MR) is 271 cm³/mol. The Morgan fingerprint density at radius 3 is 1.00 bits per heavy atom. The third-order valence-electron chi connectivity index (χ3n) is 13.9. The van der Waals surface area contributed by atoms with Crippen LogP contribution in [0.25, 0.3) is 132 Å². The third kappa shape index (κ3) is 4.71. The van der Waals surface area contributed by atoms with Gasteiger partial charge in [-0.25, -0.2) is 0 Å². The van der Waals surface area contributed by atoms with E-state index in [2.05, 4.69) is 231 Å². The van der Waals surface area contributed by atoms with Crippen LogP contribution in [0.15, 0.2) is 223 Å². The van der Waals surface area contributed by atoms with E-state index in [1.807, 2.05) is 6.07 Å². The van der Waals surface area contributed by atoms with Crippen LogP contribution in [0.3, 0.4) is 0 Å². The first-order valence-electron chi connectivity index (χ1n) is 22.3. The van der Waals surface area contributed by atoms with Crippen molar-refractivity contribution in [2.45, 2.75) is 0 Å². The highest BCUT2D eigenvalue weighted by Gasteiger charge is 2.22. The molecule has 0 aliphatic heterocycles. The van der Waals surface area contributed by atoms with E-state index >= 15 is 0 Å². The Balaban J connectivity index is 1.01. The number of benzene rings is 10. The van der Waals surface area contributed by atoms with Gasteiger partial charge in [0.15, 0.2) is 5.58 Å². The van der Waals surface area contributed by atoms with E-state index in [0.29, 0.717) is 0 Å². The number of fused-ring (bicyclic) bond motifs is 15. The normalized spacial score (nSPS) is 12.3. The molecule has 15 rings (SSSR count). The SMILES string of the molecule is c1ccc2c(c1)oc1c(-n3c4ccc(-n5c6ccccc6c6ccccc65)cc4c4cc(-n5c6ccccc6c6cc(-n7c8ccccc8c8ccccc87)ccc65)ccc43)cccc12. The molecule has 0 radical (unpaired) electrons. The summed E-state index contributed by atoms with van der Waals surface area (Å²) in [5.41, 5.74) is 15.5. The third-order valence-corrected chi connectivity index (χ3v) is 13.9. The van der Waals surface area contributed by atoms with Gasteiger partial charge in [0.25, 0.3) is 0 Å². The summed E-state index contributed by atoms with van der Waals surface area (Å²) in [5.74, 6) is 0. The van der Waals surface area contributed by atoms with Crippen molar-refractivity contribution in [1.82, 2.24) is 18.3 Å².